The zero-order valence-electron chi connectivity index (χ0n) is 13.6. The zero-order chi connectivity index (χ0) is 16.6. The minimum Gasteiger partial charge on any atom is -0.444 e. The van der Waals surface area contributed by atoms with E-state index in [1.54, 1.807) is 11.1 Å². The van der Waals surface area contributed by atoms with E-state index >= 15 is 0 Å². The van der Waals surface area contributed by atoms with Gasteiger partial charge in [0.15, 0.2) is 5.65 Å². The maximum absolute atomic E-state index is 12.2. The average molecular weight is 337 g/mol. The number of hydrogen-bond acceptors (Lipinski definition) is 4. The van der Waals surface area contributed by atoms with Gasteiger partial charge in [-0.1, -0.05) is 0 Å². The molecular formula is C16H21ClN4O2. The van der Waals surface area contributed by atoms with E-state index in [1.165, 1.54) is 0 Å². The van der Waals surface area contributed by atoms with Gasteiger partial charge in [0.25, 0.3) is 0 Å². The van der Waals surface area contributed by atoms with Crippen LogP contribution in [0, 0.1) is 0 Å². The number of likely N-dealkylation sites (tertiary alicyclic amines) is 1. The minimum atomic E-state index is -0.486. The van der Waals surface area contributed by atoms with Gasteiger partial charge in [0.2, 0.25) is 0 Å². The number of hydrogen-bond donors (Lipinski definition) is 0. The summed E-state index contributed by atoms with van der Waals surface area (Å²) in [7, 11) is 0. The molecule has 1 atom stereocenters. The van der Waals surface area contributed by atoms with Crippen molar-refractivity contribution in [3.63, 3.8) is 0 Å². The summed E-state index contributed by atoms with van der Waals surface area (Å²) in [6.45, 7) is 6.86. The lowest BCUT2D eigenvalue weighted by atomic mass is 10.2. The smallest absolute Gasteiger partial charge is 0.410 e. The van der Waals surface area contributed by atoms with Crippen LogP contribution in [0.1, 0.15) is 39.1 Å². The molecule has 1 unspecified atom stereocenters. The fourth-order valence-corrected chi connectivity index (χ4v) is 3.09. The number of halogens is 1. The fraction of sp³-hybridized carbons (Fsp3) is 0.562. The van der Waals surface area contributed by atoms with Gasteiger partial charge in [0.05, 0.1) is 11.9 Å². The van der Waals surface area contributed by atoms with Crippen molar-refractivity contribution < 1.29 is 9.53 Å². The van der Waals surface area contributed by atoms with Crippen LogP contribution in [0.15, 0.2) is 18.3 Å². The number of carbonyl (C=O) groups excluding carboxylic acids is 1. The molecule has 124 valence electrons. The Morgan fingerprint density at radius 1 is 1.48 bits per heavy atom. The van der Waals surface area contributed by atoms with Crippen molar-refractivity contribution in [2.24, 2.45) is 0 Å². The fourth-order valence-electron chi connectivity index (χ4n) is 2.90. The van der Waals surface area contributed by atoms with E-state index in [2.05, 4.69) is 14.5 Å². The molecule has 0 spiro atoms. The second-order valence-electron chi connectivity index (χ2n) is 6.75. The molecule has 1 aliphatic heterocycles. The number of nitrogens with zero attached hydrogens (tertiary/aromatic N) is 4. The molecule has 1 aliphatic rings. The van der Waals surface area contributed by atoms with Crippen LogP contribution < -0.4 is 0 Å². The molecule has 1 saturated heterocycles. The number of pyridine rings is 1. The van der Waals surface area contributed by atoms with Gasteiger partial charge in [0.1, 0.15) is 16.9 Å². The molecule has 0 N–H and O–H groups in total. The SMILES string of the molecule is CC(C)(C)OC(=O)N1CCC(n2c(CCl)nc3cccnc32)C1. The molecular weight excluding hydrogens is 316 g/mol. The Bertz CT molecular complexity index is 722. The molecule has 23 heavy (non-hydrogen) atoms. The Balaban J connectivity index is 1.83. The number of aromatic nitrogens is 3. The van der Waals surface area contributed by atoms with Crippen molar-refractivity contribution in [1.82, 2.24) is 19.4 Å². The minimum absolute atomic E-state index is 0.121. The standard InChI is InChI=1S/C16H21ClN4O2/c1-16(2,3)23-15(22)20-8-6-11(10-20)21-13(9-17)19-12-5-4-7-18-14(12)21/h4-5,7,11H,6,8-10H2,1-3H3. The van der Waals surface area contributed by atoms with Gasteiger partial charge in [-0.05, 0) is 39.3 Å². The van der Waals surface area contributed by atoms with Crippen LogP contribution in [0.25, 0.3) is 11.2 Å². The van der Waals surface area contributed by atoms with Gasteiger partial charge in [-0.15, -0.1) is 11.6 Å². The third-order valence-electron chi connectivity index (χ3n) is 3.82. The number of alkyl halides is 1. The number of rotatable bonds is 2. The highest BCUT2D eigenvalue weighted by Gasteiger charge is 2.32. The lowest BCUT2D eigenvalue weighted by Gasteiger charge is -2.24. The van der Waals surface area contributed by atoms with Gasteiger partial charge in [-0.25, -0.2) is 14.8 Å². The Hall–Kier alpha value is -1.82. The Kier molecular flexibility index (Phi) is 4.19. The third-order valence-corrected chi connectivity index (χ3v) is 4.06. The summed E-state index contributed by atoms with van der Waals surface area (Å²) >= 11 is 6.05. The van der Waals surface area contributed by atoms with Gasteiger partial charge in [-0.3, -0.25) is 0 Å². The number of fused-ring (bicyclic) bond motifs is 1. The molecule has 0 radical (unpaired) electrons. The Morgan fingerprint density at radius 3 is 2.96 bits per heavy atom. The van der Waals surface area contributed by atoms with Gasteiger partial charge in [-0.2, -0.15) is 0 Å². The largest absolute Gasteiger partial charge is 0.444 e. The third kappa shape index (κ3) is 3.27. The van der Waals surface area contributed by atoms with Crippen LogP contribution in [0.2, 0.25) is 0 Å². The lowest BCUT2D eigenvalue weighted by Crippen LogP contribution is -2.35. The predicted molar refractivity (Wildman–Crippen MR) is 88.5 cm³/mol. The Labute approximate surface area is 140 Å². The van der Waals surface area contributed by atoms with Crippen LogP contribution in [-0.2, 0) is 10.6 Å². The molecule has 6 nitrogen and oxygen atoms in total. The van der Waals surface area contributed by atoms with E-state index in [0.717, 1.165) is 23.4 Å². The zero-order valence-corrected chi connectivity index (χ0v) is 14.4. The molecule has 0 aliphatic carbocycles. The van der Waals surface area contributed by atoms with Crippen molar-refractivity contribution in [2.75, 3.05) is 13.1 Å². The molecule has 2 aromatic heterocycles. The molecule has 1 amide bonds. The van der Waals surface area contributed by atoms with Crippen molar-refractivity contribution in [2.45, 2.75) is 44.7 Å². The van der Waals surface area contributed by atoms with E-state index in [9.17, 15) is 4.79 Å². The van der Waals surface area contributed by atoms with E-state index in [1.807, 2.05) is 32.9 Å². The van der Waals surface area contributed by atoms with Gasteiger partial charge in [0, 0.05) is 19.3 Å². The first-order chi connectivity index (χ1) is 10.9. The highest BCUT2D eigenvalue weighted by atomic mass is 35.5. The first-order valence-corrected chi connectivity index (χ1v) is 8.28. The van der Waals surface area contributed by atoms with Gasteiger partial charge >= 0.3 is 6.09 Å². The van der Waals surface area contributed by atoms with E-state index in [4.69, 9.17) is 16.3 Å². The maximum Gasteiger partial charge on any atom is 0.410 e. The van der Waals surface area contributed by atoms with Crippen LogP contribution in [0.3, 0.4) is 0 Å². The quantitative estimate of drug-likeness (QED) is 0.789. The molecule has 7 heteroatoms. The molecule has 0 aromatic carbocycles. The number of carbonyl (C=O) groups is 1. The summed E-state index contributed by atoms with van der Waals surface area (Å²) in [4.78, 5) is 22.9. The first kappa shape index (κ1) is 16.1. The van der Waals surface area contributed by atoms with E-state index < -0.39 is 5.60 Å². The number of imidazole rings is 1. The summed E-state index contributed by atoms with van der Waals surface area (Å²) in [5.41, 5.74) is 1.16. The second kappa shape index (κ2) is 6.00. The molecule has 3 heterocycles. The molecule has 3 rings (SSSR count). The summed E-state index contributed by atoms with van der Waals surface area (Å²) in [5.74, 6) is 1.11. The maximum atomic E-state index is 12.2. The molecule has 0 saturated carbocycles. The van der Waals surface area contributed by atoms with Crippen LogP contribution in [0.4, 0.5) is 4.79 Å². The Morgan fingerprint density at radius 2 is 2.26 bits per heavy atom. The highest BCUT2D eigenvalue weighted by molar-refractivity contribution is 6.16. The van der Waals surface area contributed by atoms with Crippen molar-refractivity contribution in [1.29, 1.82) is 0 Å². The summed E-state index contributed by atoms with van der Waals surface area (Å²) in [5, 5.41) is 0. The monoisotopic (exact) mass is 336 g/mol. The number of ether oxygens (including phenoxy) is 1. The van der Waals surface area contributed by atoms with E-state index in [-0.39, 0.29) is 12.1 Å². The highest BCUT2D eigenvalue weighted by Crippen LogP contribution is 2.28. The number of amides is 1. The van der Waals surface area contributed by atoms with Crippen molar-refractivity contribution in [3.05, 3.63) is 24.2 Å². The summed E-state index contributed by atoms with van der Waals surface area (Å²) < 4.78 is 7.51. The van der Waals surface area contributed by atoms with E-state index in [0.29, 0.717) is 19.0 Å². The molecule has 2 aromatic rings. The first-order valence-electron chi connectivity index (χ1n) is 7.75. The van der Waals surface area contributed by atoms with Crippen LogP contribution >= 0.6 is 11.6 Å². The van der Waals surface area contributed by atoms with Crippen molar-refractivity contribution >= 4 is 28.9 Å². The molecule has 0 bridgehead atoms. The lowest BCUT2D eigenvalue weighted by molar-refractivity contribution is 0.0289. The predicted octanol–water partition coefficient (Wildman–Crippen LogP) is 3.35. The van der Waals surface area contributed by atoms with Crippen molar-refractivity contribution in [3.8, 4) is 0 Å². The van der Waals surface area contributed by atoms with Crippen LogP contribution in [0.5, 0.6) is 0 Å². The molecule has 1 fully saturated rings. The average Bonchev–Trinajstić information content (AvgIpc) is 3.09. The van der Waals surface area contributed by atoms with Gasteiger partial charge < -0.3 is 14.2 Å². The second-order valence-corrected chi connectivity index (χ2v) is 7.01. The summed E-state index contributed by atoms with van der Waals surface area (Å²) in [6.07, 6.45) is 2.31. The normalized spacial score (nSPS) is 18.6. The van der Waals surface area contributed by atoms with Crippen LogP contribution in [-0.4, -0.2) is 44.2 Å². The summed E-state index contributed by atoms with van der Waals surface area (Å²) in [6, 6.07) is 3.91. The topological polar surface area (TPSA) is 60.2 Å².